The molecule has 0 radical (unpaired) electrons. The first kappa shape index (κ1) is 33.3. The quantitative estimate of drug-likeness (QED) is 0.153. The van der Waals surface area contributed by atoms with Crippen molar-refractivity contribution >= 4 is 34.6 Å². The number of phenolic OH excluding ortho intramolecular Hbond substituents is 2. The number of ether oxygens (including phenoxy) is 2. The summed E-state index contributed by atoms with van der Waals surface area (Å²) in [6.45, 7) is 2.14. The lowest BCUT2D eigenvalue weighted by Crippen LogP contribution is -2.27. The minimum Gasteiger partial charge on any atom is -0.507 e. The molecule has 1 unspecified atom stereocenters. The van der Waals surface area contributed by atoms with E-state index < -0.39 is 23.7 Å². The number of esters is 1. The fourth-order valence-corrected chi connectivity index (χ4v) is 6.17. The molecule has 0 fully saturated rings. The number of Topliss-reactive ketones (excluding diaryl/α,β-unsaturated/α-hetero) is 1. The zero-order valence-corrected chi connectivity index (χ0v) is 26.9. The van der Waals surface area contributed by atoms with Gasteiger partial charge in [-0.3, -0.25) is 9.59 Å². The zero-order chi connectivity index (χ0) is 33.3. The highest BCUT2D eigenvalue weighted by Crippen LogP contribution is 2.44. The van der Waals surface area contributed by atoms with Gasteiger partial charge in [-0.1, -0.05) is 42.5 Å². The highest BCUT2D eigenvalue weighted by atomic mass is 16.5. The Morgan fingerprint density at radius 3 is 2.64 bits per heavy atom. The second-order valence-electron chi connectivity index (χ2n) is 12.1. The van der Waals surface area contributed by atoms with E-state index in [1.165, 1.54) is 6.07 Å². The van der Waals surface area contributed by atoms with Crippen LogP contribution in [0.5, 0.6) is 17.2 Å². The monoisotopic (exact) mass is 638 g/mol. The number of amides is 1. The van der Waals surface area contributed by atoms with Crippen molar-refractivity contribution in [1.29, 1.82) is 0 Å². The van der Waals surface area contributed by atoms with E-state index in [0.29, 0.717) is 68.4 Å². The molecule has 1 aliphatic heterocycles. The average molecular weight is 639 g/mol. The highest BCUT2D eigenvalue weighted by Gasteiger charge is 2.31. The Morgan fingerprint density at radius 2 is 1.85 bits per heavy atom. The Morgan fingerprint density at radius 1 is 1.09 bits per heavy atom. The van der Waals surface area contributed by atoms with Gasteiger partial charge >= 0.3 is 5.97 Å². The van der Waals surface area contributed by atoms with Gasteiger partial charge in [0, 0.05) is 54.4 Å². The van der Waals surface area contributed by atoms with Crippen LogP contribution >= 0.6 is 0 Å². The van der Waals surface area contributed by atoms with Crippen LogP contribution in [0.15, 0.2) is 66.9 Å². The summed E-state index contributed by atoms with van der Waals surface area (Å²) in [6, 6.07) is 16.4. The maximum absolute atomic E-state index is 13.6. The number of hydrogen-bond donors (Lipinski definition) is 4. The van der Waals surface area contributed by atoms with Gasteiger partial charge in [-0.2, -0.15) is 0 Å². The van der Waals surface area contributed by atoms with Gasteiger partial charge in [0.1, 0.15) is 28.6 Å². The third-order valence-electron chi connectivity index (χ3n) is 8.70. The van der Waals surface area contributed by atoms with Crippen LogP contribution in [-0.4, -0.2) is 52.6 Å². The van der Waals surface area contributed by atoms with E-state index >= 15 is 0 Å². The molecule has 0 aliphatic carbocycles. The number of fused-ring (bicyclic) bond motifs is 2. The van der Waals surface area contributed by atoms with Crippen LogP contribution < -0.4 is 10.1 Å². The number of methoxy groups -OCH3 is 1. The molecule has 2 heterocycles. The minimum absolute atomic E-state index is 0.0606. The number of carbonyl (C=O) groups is 3. The first-order valence-corrected chi connectivity index (χ1v) is 16.2. The van der Waals surface area contributed by atoms with Crippen molar-refractivity contribution in [1.82, 2.24) is 10.3 Å². The number of ketones is 1. The van der Waals surface area contributed by atoms with E-state index in [0.717, 1.165) is 16.5 Å². The van der Waals surface area contributed by atoms with E-state index in [1.807, 2.05) is 36.5 Å². The fourth-order valence-electron chi connectivity index (χ4n) is 6.17. The van der Waals surface area contributed by atoms with Crippen molar-refractivity contribution in [3.05, 3.63) is 94.7 Å². The van der Waals surface area contributed by atoms with Crippen LogP contribution in [0.25, 0.3) is 17.0 Å². The number of phenols is 2. The molecular formula is C38H42N2O7. The Balaban J connectivity index is 1.46. The number of cyclic esters (lactones) is 1. The Hall–Kier alpha value is -5.05. The van der Waals surface area contributed by atoms with Crippen molar-refractivity contribution in [2.45, 2.75) is 70.3 Å². The molecule has 0 saturated heterocycles. The van der Waals surface area contributed by atoms with Crippen molar-refractivity contribution in [3.8, 4) is 17.2 Å². The number of allylic oxidation sites excluding steroid dienone is 1. The summed E-state index contributed by atoms with van der Waals surface area (Å²) < 4.78 is 11.0. The van der Waals surface area contributed by atoms with Crippen LogP contribution in [0, 0.1) is 0 Å². The fraction of sp³-hybridized carbons (Fsp3) is 0.342. The average Bonchev–Trinajstić information content (AvgIpc) is 3.46. The van der Waals surface area contributed by atoms with Crippen molar-refractivity contribution in [2.24, 2.45) is 0 Å². The Bertz CT molecular complexity index is 1760. The Labute approximate surface area is 274 Å². The van der Waals surface area contributed by atoms with Crippen molar-refractivity contribution in [2.75, 3.05) is 13.7 Å². The van der Waals surface area contributed by atoms with Crippen LogP contribution in [-0.2, 0) is 20.7 Å². The second kappa shape index (κ2) is 15.5. The molecular weight excluding hydrogens is 596 g/mol. The summed E-state index contributed by atoms with van der Waals surface area (Å²) in [4.78, 5) is 42.4. The first-order chi connectivity index (χ1) is 22.7. The van der Waals surface area contributed by atoms with E-state index in [9.17, 15) is 24.6 Å². The van der Waals surface area contributed by atoms with Gasteiger partial charge < -0.3 is 30.0 Å². The molecule has 0 spiro atoms. The number of hydrogen-bond acceptors (Lipinski definition) is 7. The molecule has 2 atom stereocenters. The van der Waals surface area contributed by atoms with Crippen LogP contribution in [0.3, 0.4) is 0 Å². The van der Waals surface area contributed by atoms with Crippen LogP contribution in [0.2, 0.25) is 0 Å². The third kappa shape index (κ3) is 8.22. The molecule has 5 rings (SSSR count). The maximum atomic E-state index is 13.6. The third-order valence-corrected chi connectivity index (χ3v) is 8.70. The molecule has 1 aliphatic rings. The number of rotatable bonds is 8. The highest BCUT2D eigenvalue weighted by molar-refractivity contribution is 5.98. The number of benzene rings is 3. The molecule has 1 amide bonds. The Kier molecular flexibility index (Phi) is 11.0. The number of nitrogens with one attached hydrogen (secondary N) is 2. The molecule has 0 saturated carbocycles. The zero-order valence-electron chi connectivity index (χ0n) is 26.9. The molecule has 246 valence electrons. The van der Waals surface area contributed by atoms with E-state index in [1.54, 1.807) is 44.4 Å². The topological polar surface area (TPSA) is 138 Å². The van der Waals surface area contributed by atoms with Gasteiger partial charge in [0.15, 0.2) is 0 Å². The smallest absolute Gasteiger partial charge is 0.342 e. The largest absolute Gasteiger partial charge is 0.507 e. The number of aromatic amines is 1. The molecule has 0 bridgehead atoms. The van der Waals surface area contributed by atoms with Crippen molar-refractivity contribution in [3.63, 3.8) is 0 Å². The van der Waals surface area contributed by atoms with E-state index in [-0.39, 0.29) is 35.0 Å². The molecule has 1 aromatic heterocycles. The van der Waals surface area contributed by atoms with Gasteiger partial charge in [0.2, 0.25) is 5.91 Å². The van der Waals surface area contributed by atoms with Crippen LogP contribution in [0.1, 0.15) is 90.4 Å². The number of carbonyl (C=O) groups excluding carboxylic acids is 3. The molecule has 47 heavy (non-hydrogen) atoms. The predicted octanol–water partition coefficient (Wildman–Crippen LogP) is 6.95. The van der Waals surface area contributed by atoms with Gasteiger partial charge in [0.25, 0.3) is 0 Å². The summed E-state index contributed by atoms with van der Waals surface area (Å²) in [7, 11) is 1.55. The predicted molar refractivity (Wildman–Crippen MR) is 181 cm³/mol. The second-order valence-corrected chi connectivity index (χ2v) is 12.1. The summed E-state index contributed by atoms with van der Waals surface area (Å²) >= 11 is 0. The summed E-state index contributed by atoms with van der Waals surface area (Å²) in [5.41, 5.74) is 3.03. The molecule has 4 N–H and O–H groups in total. The molecule has 9 nitrogen and oxygen atoms in total. The number of aromatic hydroxyl groups is 2. The molecule has 9 heteroatoms. The SMILES string of the molecule is COc1ccc(C(CC(=O)NCCc2c[nH]c3ccccc23)c2c(O)cc3c(c2O)C(=O)O[C@@H](C)CCCC(=O)CCCC=C3)cc1. The molecule has 3 aromatic carbocycles. The number of para-hydroxylation sites is 1. The number of aromatic nitrogens is 1. The lowest BCUT2D eigenvalue weighted by molar-refractivity contribution is -0.121. The van der Waals surface area contributed by atoms with Gasteiger partial charge in [0.05, 0.1) is 13.2 Å². The number of H-pyrrole nitrogens is 1. The summed E-state index contributed by atoms with van der Waals surface area (Å²) in [6.07, 6.45) is 8.67. The van der Waals surface area contributed by atoms with Gasteiger partial charge in [-0.15, -0.1) is 0 Å². The maximum Gasteiger partial charge on any atom is 0.342 e. The van der Waals surface area contributed by atoms with Gasteiger partial charge in [-0.25, -0.2) is 4.79 Å². The van der Waals surface area contributed by atoms with Gasteiger partial charge in [-0.05, 0) is 80.0 Å². The summed E-state index contributed by atoms with van der Waals surface area (Å²) in [5.74, 6) is -1.72. The normalized spacial score (nSPS) is 16.6. The van der Waals surface area contributed by atoms with Crippen LogP contribution in [0.4, 0.5) is 0 Å². The minimum atomic E-state index is -0.799. The first-order valence-electron chi connectivity index (χ1n) is 16.2. The molecule has 4 aromatic rings. The van der Waals surface area contributed by atoms with Crippen molar-refractivity contribution < 1.29 is 34.1 Å². The summed E-state index contributed by atoms with van der Waals surface area (Å²) in [5, 5.41) is 27.2. The van der Waals surface area contributed by atoms with E-state index in [2.05, 4.69) is 10.3 Å². The lowest BCUT2D eigenvalue weighted by atomic mass is 9.84. The standard InChI is InChI=1S/C38H42N2O7/c1-24-9-8-12-28(41)11-5-3-4-10-26-21-33(42)36(37(44)35(26)38(45)47-24)31(25-15-17-29(46-2)18-16-25)22-34(43)39-20-19-27-23-40-32-14-7-6-13-30(27)32/h4,6-7,10,13-18,21,23-24,31,40,42,44H,3,5,8-9,11-12,19-20,22H2,1-2H3,(H,39,43)/t24-,31?/m0/s1. The lowest BCUT2D eigenvalue weighted by Gasteiger charge is -2.23. The van der Waals surface area contributed by atoms with E-state index in [4.69, 9.17) is 9.47 Å².